The average Bonchev–Trinajstić information content (AvgIpc) is 2.14. The van der Waals surface area contributed by atoms with Gasteiger partial charge >= 0.3 is 5.97 Å². The fourth-order valence-corrected chi connectivity index (χ4v) is 1.94. The van der Waals surface area contributed by atoms with Crippen molar-refractivity contribution in [2.45, 2.75) is 11.8 Å². The van der Waals surface area contributed by atoms with Crippen LogP contribution in [0.15, 0.2) is 35.2 Å². The van der Waals surface area contributed by atoms with Crippen molar-refractivity contribution in [1.29, 1.82) is 0 Å². The average molecular weight is 223 g/mol. The molecule has 80 valence electrons. The summed E-state index contributed by atoms with van der Waals surface area (Å²) in [5.41, 5.74) is 7.48. The van der Waals surface area contributed by atoms with Gasteiger partial charge in [0.1, 0.15) is 0 Å². The molecule has 15 heavy (non-hydrogen) atoms. The highest BCUT2D eigenvalue weighted by Gasteiger charge is 1.98. The Kier molecular flexibility index (Phi) is 4.24. The molecule has 0 aliphatic rings. The minimum atomic E-state index is -0.912. The van der Waals surface area contributed by atoms with E-state index >= 15 is 0 Å². The lowest BCUT2D eigenvalue weighted by molar-refractivity contribution is -0.131. The van der Waals surface area contributed by atoms with Gasteiger partial charge in [0.15, 0.2) is 0 Å². The van der Waals surface area contributed by atoms with E-state index in [1.165, 1.54) is 0 Å². The van der Waals surface area contributed by atoms with E-state index in [0.717, 1.165) is 22.2 Å². The Hall–Kier alpha value is -1.42. The van der Waals surface area contributed by atoms with Gasteiger partial charge in [-0.15, -0.1) is 11.8 Å². The number of anilines is 1. The number of carbonyl (C=O) groups is 1. The molecule has 3 nitrogen and oxygen atoms in total. The molecule has 0 atom stereocenters. The van der Waals surface area contributed by atoms with Crippen LogP contribution in [-0.4, -0.2) is 16.8 Å². The van der Waals surface area contributed by atoms with E-state index in [2.05, 4.69) is 0 Å². The highest BCUT2D eigenvalue weighted by molar-refractivity contribution is 7.99. The lowest BCUT2D eigenvalue weighted by Crippen LogP contribution is -1.88. The number of aryl methyl sites for hydroxylation is 1. The molecular weight excluding hydrogens is 210 g/mol. The van der Waals surface area contributed by atoms with E-state index in [0.29, 0.717) is 5.75 Å². The van der Waals surface area contributed by atoms with E-state index in [1.54, 1.807) is 17.8 Å². The van der Waals surface area contributed by atoms with Gasteiger partial charge in [0.25, 0.3) is 0 Å². The lowest BCUT2D eigenvalue weighted by atomic mass is 10.2. The van der Waals surface area contributed by atoms with Gasteiger partial charge in [0, 0.05) is 22.4 Å². The summed E-state index contributed by atoms with van der Waals surface area (Å²) in [5, 5.41) is 8.39. The number of benzene rings is 1. The van der Waals surface area contributed by atoms with Gasteiger partial charge in [-0.3, -0.25) is 0 Å². The summed E-state index contributed by atoms with van der Waals surface area (Å²) < 4.78 is 0. The quantitative estimate of drug-likeness (QED) is 0.467. The minimum absolute atomic E-state index is 0.650. The Bertz CT molecular complexity index is 388. The van der Waals surface area contributed by atoms with Crippen molar-refractivity contribution >= 4 is 23.4 Å². The van der Waals surface area contributed by atoms with Crippen LogP contribution in [0.1, 0.15) is 5.56 Å². The molecule has 0 amide bonds. The summed E-state index contributed by atoms with van der Waals surface area (Å²) in [6, 6.07) is 5.70. The molecule has 0 fully saturated rings. The molecule has 4 heteroatoms. The highest BCUT2D eigenvalue weighted by Crippen LogP contribution is 2.23. The fraction of sp³-hybridized carbons (Fsp3) is 0.182. The van der Waals surface area contributed by atoms with Crippen molar-refractivity contribution in [3.05, 3.63) is 35.9 Å². The first-order valence-corrected chi connectivity index (χ1v) is 5.46. The molecule has 1 aromatic rings. The second-order valence-corrected chi connectivity index (χ2v) is 4.14. The molecule has 0 aromatic heterocycles. The van der Waals surface area contributed by atoms with Crippen LogP contribution < -0.4 is 5.73 Å². The molecule has 0 aliphatic heterocycles. The van der Waals surface area contributed by atoms with Gasteiger partial charge in [-0.05, 0) is 30.7 Å². The van der Waals surface area contributed by atoms with Crippen molar-refractivity contribution in [2.24, 2.45) is 0 Å². The van der Waals surface area contributed by atoms with Crippen LogP contribution in [0.5, 0.6) is 0 Å². The first-order valence-electron chi connectivity index (χ1n) is 4.48. The zero-order chi connectivity index (χ0) is 11.3. The van der Waals surface area contributed by atoms with Gasteiger partial charge in [0.05, 0.1) is 0 Å². The number of thioether (sulfide) groups is 1. The first-order chi connectivity index (χ1) is 7.09. The predicted octanol–water partition coefficient (Wildman–Crippen LogP) is 2.31. The summed E-state index contributed by atoms with van der Waals surface area (Å²) in [7, 11) is 0. The Morgan fingerprint density at radius 1 is 1.60 bits per heavy atom. The van der Waals surface area contributed by atoms with Crippen LogP contribution in [0.4, 0.5) is 5.69 Å². The lowest BCUT2D eigenvalue weighted by Gasteiger charge is -2.04. The molecule has 3 N–H and O–H groups in total. The van der Waals surface area contributed by atoms with Crippen molar-refractivity contribution in [3.8, 4) is 0 Å². The number of hydrogen-bond donors (Lipinski definition) is 2. The molecule has 0 radical (unpaired) electrons. The van der Waals surface area contributed by atoms with Crippen LogP contribution in [-0.2, 0) is 4.79 Å². The van der Waals surface area contributed by atoms with Gasteiger partial charge in [0.2, 0.25) is 0 Å². The molecule has 0 heterocycles. The third kappa shape index (κ3) is 4.08. The molecule has 0 saturated heterocycles. The standard InChI is InChI=1S/C11H13NO2S/c1-8-7-9(12)4-5-10(8)15-6-2-3-11(13)14/h2-5,7H,6,12H2,1H3,(H,13,14). The number of carboxylic acid groups (broad SMARTS) is 1. The SMILES string of the molecule is Cc1cc(N)ccc1SCC=CC(=O)O. The molecule has 1 aromatic carbocycles. The van der Waals surface area contributed by atoms with E-state index in [1.807, 2.05) is 25.1 Å². The maximum absolute atomic E-state index is 10.2. The Balaban J connectivity index is 2.54. The zero-order valence-corrected chi connectivity index (χ0v) is 9.25. The van der Waals surface area contributed by atoms with Crippen LogP contribution in [0, 0.1) is 6.92 Å². The van der Waals surface area contributed by atoms with Gasteiger partial charge in [-0.25, -0.2) is 4.79 Å². The van der Waals surface area contributed by atoms with Crippen molar-refractivity contribution in [3.63, 3.8) is 0 Å². The van der Waals surface area contributed by atoms with Crippen LogP contribution in [0.2, 0.25) is 0 Å². The monoisotopic (exact) mass is 223 g/mol. The van der Waals surface area contributed by atoms with Crippen LogP contribution in [0.25, 0.3) is 0 Å². The summed E-state index contributed by atoms with van der Waals surface area (Å²) in [6.07, 6.45) is 2.78. The minimum Gasteiger partial charge on any atom is -0.478 e. The smallest absolute Gasteiger partial charge is 0.328 e. The maximum atomic E-state index is 10.2. The Morgan fingerprint density at radius 2 is 2.33 bits per heavy atom. The molecule has 0 aliphatic carbocycles. The second kappa shape index (κ2) is 5.46. The normalized spacial score (nSPS) is 10.7. The highest BCUT2D eigenvalue weighted by atomic mass is 32.2. The maximum Gasteiger partial charge on any atom is 0.328 e. The number of rotatable bonds is 4. The summed E-state index contributed by atoms with van der Waals surface area (Å²) in [4.78, 5) is 11.3. The number of aliphatic carboxylic acids is 1. The summed E-state index contributed by atoms with van der Waals surface area (Å²) >= 11 is 1.59. The van der Waals surface area contributed by atoms with Crippen LogP contribution >= 0.6 is 11.8 Å². The Labute approximate surface area is 93.0 Å². The van der Waals surface area contributed by atoms with Gasteiger partial charge in [-0.2, -0.15) is 0 Å². The number of hydrogen-bond acceptors (Lipinski definition) is 3. The number of nitrogen functional groups attached to an aromatic ring is 1. The third-order valence-corrected chi connectivity index (χ3v) is 2.92. The molecule has 0 unspecified atom stereocenters. The largest absolute Gasteiger partial charge is 0.478 e. The summed E-state index contributed by atoms with van der Waals surface area (Å²) in [5.74, 6) is -0.263. The van der Waals surface area contributed by atoms with E-state index in [4.69, 9.17) is 10.8 Å². The molecule has 0 spiro atoms. The second-order valence-electron chi connectivity index (χ2n) is 3.08. The predicted molar refractivity (Wildman–Crippen MR) is 63.1 cm³/mol. The number of carboxylic acids is 1. The molecule has 1 rings (SSSR count). The van der Waals surface area contributed by atoms with Gasteiger partial charge < -0.3 is 10.8 Å². The topological polar surface area (TPSA) is 63.3 Å². The zero-order valence-electron chi connectivity index (χ0n) is 8.43. The van der Waals surface area contributed by atoms with E-state index in [9.17, 15) is 4.79 Å². The first kappa shape index (κ1) is 11.7. The van der Waals surface area contributed by atoms with Crippen molar-refractivity contribution in [1.82, 2.24) is 0 Å². The molecule has 0 bridgehead atoms. The fourth-order valence-electron chi connectivity index (χ4n) is 1.12. The molecule has 0 saturated carbocycles. The third-order valence-electron chi connectivity index (χ3n) is 1.79. The van der Waals surface area contributed by atoms with E-state index in [-0.39, 0.29) is 0 Å². The van der Waals surface area contributed by atoms with Crippen molar-refractivity contribution in [2.75, 3.05) is 11.5 Å². The molecular formula is C11H13NO2S. The Morgan fingerprint density at radius 3 is 2.93 bits per heavy atom. The van der Waals surface area contributed by atoms with Crippen molar-refractivity contribution < 1.29 is 9.90 Å². The van der Waals surface area contributed by atoms with E-state index < -0.39 is 5.97 Å². The van der Waals surface area contributed by atoms with Gasteiger partial charge in [-0.1, -0.05) is 6.08 Å². The van der Waals surface area contributed by atoms with Crippen LogP contribution in [0.3, 0.4) is 0 Å². The number of nitrogens with two attached hydrogens (primary N) is 1. The summed E-state index contributed by atoms with van der Waals surface area (Å²) in [6.45, 7) is 1.99.